The van der Waals surface area contributed by atoms with Crippen LogP contribution in [0.15, 0.2) is 16.9 Å². The first-order valence-corrected chi connectivity index (χ1v) is 6.09. The zero-order valence-electron chi connectivity index (χ0n) is 9.13. The lowest BCUT2D eigenvalue weighted by molar-refractivity contribution is 0.378. The molecule has 1 aliphatic carbocycles. The van der Waals surface area contributed by atoms with Crippen LogP contribution in [0.3, 0.4) is 0 Å². The third kappa shape index (κ3) is 2.91. The van der Waals surface area contributed by atoms with E-state index >= 15 is 0 Å². The summed E-state index contributed by atoms with van der Waals surface area (Å²) in [4.78, 5) is 8.44. The fraction of sp³-hybridized carbons (Fsp3) is 0.636. The molecule has 4 heteroatoms. The van der Waals surface area contributed by atoms with Crippen LogP contribution in [-0.4, -0.2) is 16.0 Å². The van der Waals surface area contributed by atoms with Gasteiger partial charge in [0.25, 0.3) is 0 Å². The highest BCUT2D eigenvalue weighted by atomic mass is 79.9. The van der Waals surface area contributed by atoms with Gasteiger partial charge in [-0.1, -0.05) is 13.8 Å². The molecule has 0 aromatic carbocycles. The van der Waals surface area contributed by atoms with Crippen LogP contribution in [0.5, 0.6) is 0 Å². The molecule has 0 amide bonds. The van der Waals surface area contributed by atoms with Crippen LogP contribution in [0.4, 0.5) is 5.95 Å². The van der Waals surface area contributed by atoms with Crippen LogP contribution in [0.25, 0.3) is 0 Å². The van der Waals surface area contributed by atoms with Crippen molar-refractivity contribution in [3.8, 4) is 0 Å². The number of hydrogen-bond acceptors (Lipinski definition) is 3. The zero-order chi connectivity index (χ0) is 10.9. The Morgan fingerprint density at radius 3 is 2.60 bits per heavy atom. The zero-order valence-corrected chi connectivity index (χ0v) is 10.7. The summed E-state index contributed by atoms with van der Waals surface area (Å²) in [6.45, 7) is 4.63. The van der Waals surface area contributed by atoms with E-state index in [1.807, 2.05) is 0 Å². The Labute approximate surface area is 98.8 Å². The van der Waals surface area contributed by atoms with Crippen molar-refractivity contribution >= 4 is 21.9 Å². The molecule has 1 aromatic heterocycles. The van der Waals surface area contributed by atoms with Crippen LogP contribution >= 0.6 is 15.9 Å². The molecule has 0 spiro atoms. The van der Waals surface area contributed by atoms with Gasteiger partial charge < -0.3 is 5.32 Å². The summed E-state index contributed by atoms with van der Waals surface area (Å²) < 4.78 is 0.916. The smallest absolute Gasteiger partial charge is 0.222 e. The number of nitrogens with zero attached hydrogens (tertiary/aromatic N) is 2. The standard InChI is InChI=1S/C11H16BrN3/c1-11(2)4-3-9(5-11)15-10-13-6-8(12)7-14-10/h6-7,9H,3-5H2,1-2H3,(H,13,14,15). The van der Waals surface area contributed by atoms with Gasteiger partial charge in [0.2, 0.25) is 5.95 Å². The Morgan fingerprint density at radius 1 is 1.40 bits per heavy atom. The van der Waals surface area contributed by atoms with Crippen molar-refractivity contribution in [3.63, 3.8) is 0 Å². The molecule has 3 nitrogen and oxygen atoms in total. The van der Waals surface area contributed by atoms with Gasteiger partial charge in [-0.25, -0.2) is 9.97 Å². The maximum atomic E-state index is 4.22. The Morgan fingerprint density at radius 2 is 2.07 bits per heavy atom. The minimum absolute atomic E-state index is 0.465. The summed E-state index contributed by atoms with van der Waals surface area (Å²) in [5.41, 5.74) is 0.465. The van der Waals surface area contributed by atoms with Crippen molar-refractivity contribution in [1.82, 2.24) is 9.97 Å². The molecule has 82 valence electrons. The van der Waals surface area contributed by atoms with Gasteiger partial charge >= 0.3 is 0 Å². The first-order valence-electron chi connectivity index (χ1n) is 5.29. The van der Waals surface area contributed by atoms with Crippen LogP contribution < -0.4 is 5.32 Å². The largest absolute Gasteiger partial charge is 0.351 e. The molecule has 1 unspecified atom stereocenters. The SMILES string of the molecule is CC1(C)CCC(Nc2ncc(Br)cn2)C1. The third-order valence-electron chi connectivity index (χ3n) is 2.92. The van der Waals surface area contributed by atoms with E-state index in [9.17, 15) is 0 Å². The maximum Gasteiger partial charge on any atom is 0.222 e. The first kappa shape index (κ1) is 10.9. The minimum Gasteiger partial charge on any atom is -0.351 e. The van der Waals surface area contributed by atoms with E-state index in [1.165, 1.54) is 19.3 Å². The summed E-state index contributed by atoms with van der Waals surface area (Å²) in [6.07, 6.45) is 7.24. The van der Waals surface area contributed by atoms with Gasteiger partial charge in [-0.15, -0.1) is 0 Å². The number of nitrogens with one attached hydrogen (secondary N) is 1. The fourth-order valence-electron chi connectivity index (χ4n) is 2.13. The molecule has 1 atom stereocenters. The molecule has 0 aliphatic heterocycles. The lowest BCUT2D eigenvalue weighted by Gasteiger charge is -2.17. The monoisotopic (exact) mass is 269 g/mol. The number of hydrogen-bond donors (Lipinski definition) is 1. The van der Waals surface area contributed by atoms with E-state index in [1.54, 1.807) is 12.4 Å². The van der Waals surface area contributed by atoms with Gasteiger partial charge in [0.1, 0.15) is 0 Å². The van der Waals surface area contributed by atoms with Crippen molar-refractivity contribution in [2.75, 3.05) is 5.32 Å². The first-order chi connectivity index (χ1) is 7.05. The summed E-state index contributed by atoms with van der Waals surface area (Å²) in [5.74, 6) is 0.737. The number of aromatic nitrogens is 2. The normalized spacial score (nSPS) is 24.1. The molecule has 1 aromatic rings. The number of anilines is 1. The molecule has 1 heterocycles. The van der Waals surface area contributed by atoms with Gasteiger partial charge in [-0.05, 0) is 40.6 Å². The maximum absolute atomic E-state index is 4.22. The highest BCUT2D eigenvalue weighted by Crippen LogP contribution is 2.37. The summed E-state index contributed by atoms with van der Waals surface area (Å²) in [6, 6.07) is 0.529. The number of rotatable bonds is 2. The van der Waals surface area contributed by atoms with Crippen molar-refractivity contribution in [2.24, 2.45) is 5.41 Å². The molecule has 0 saturated heterocycles. The average Bonchev–Trinajstić information content (AvgIpc) is 2.50. The van der Waals surface area contributed by atoms with Gasteiger partial charge in [0.15, 0.2) is 0 Å². The molecule has 0 bridgehead atoms. The van der Waals surface area contributed by atoms with Crippen molar-refractivity contribution in [3.05, 3.63) is 16.9 Å². The Bertz CT molecular complexity index is 334. The van der Waals surface area contributed by atoms with Crippen molar-refractivity contribution < 1.29 is 0 Å². The summed E-state index contributed by atoms with van der Waals surface area (Å²) in [7, 11) is 0. The lowest BCUT2D eigenvalue weighted by Crippen LogP contribution is -2.18. The lowest BCUT2D eigenvalue weighted by atomic mass is 9.92. The van der Waals surface area contributed by atoms with Crippen LogP contribution in [0, 0.1) is 5.41 Å². The van der Waals surface area contributed by atoms with E-state index in [2.05, 4.69) is 45.1 Å². The third-order valence-corrected chi connectivity index (χ3v) is 3.33. The van der Waals surface area contributed by atoms with E-state index in [-0.39, 0.29) is 0 Å². The van der Waals surface area contributed by atoms with E-state index in [0.717, 1.165) is 10.4 Å². The Kier molecular flexibility index (Phi) is 2.96. The molecule has 2 rings (SSSR count). The van der Waals surface area contributed by atoms with Gasteiger partial charge in [0, 0.05) is 18.4 Å². The molecule has 1 fully saturated rings. The molecule has 1 aliphatic rings. The molecular weight excluding hydrogens is 254 g/mol. The molecular formula is C11H16BrN3. The van der Waals surface area contributed by atoms with Gasteiger partial charge in [0.05, 0.1) is 4.47 Å². The quantitative estimate of drug-likeness (QED) is 0.896. The van der Waals surface area contributed by atoms with Gasteiger partial charge in [-0.2, -0.15) is 0 Å². The fourth-order valence-corrected chi connectivity index (χ4v) is 2.33. The van der Waals surface area contributed by atoms with Crippen LogP contribution in [0.2, 0.25) is 0 Å². The topological polar surface area (TPSA) is 37.8 Å². The highest BCUT2D eigenvalue weighted by molar-refractivity contribution is 9.10. The van der Waals surface area contributed by atoms with Crippen molar-refractivity contribution in [2.45, 2.75) is 39.2 Å². The second-order valence-electron chi connectivity index (χ2n) is 4.97. The van der Waals surface area contributed by atoms with E-state index in [0.29, 0.717) is 11.5 Å². The van der Waals surface area contributed by atoms with E-state index in [4.69, 9.17) is 0 Å². The van der Waals surface area contributed by atoms with Crippen molar-refractivity contribution in [1.29, 1.82) is 0 Å². The molecule has 15 heavy (non-hydrogen) atoms. The predicted molar refractivity (Wildman–Crippen MR) is 64.8 cm³/mol. The molecule has 1 saturated carbocycles. The Hall–Kier alpha value is -0.640. The molecule has 0 radical (unpaired) electrons. The average molecular weight is 270 g/mol. The Balaban J connectivity index is 1.96. The summed E-state index contributed by atoms with van der Waals surface area (Å²) >= 11 is 3.32. The van der Waals surface area contributed by atoms with Crippen LogP contribution in [-0.2, 0) is 0 Å². The van der Waals surface area contributed by atoms with E-state index < -0.39 is 0 Å². The molecule has 1 N–H and O–H groups in total. The second kappa shape index (κ2) is 4.08. The van der Waals surface area contributed by atoms with Crippen LogP contribution in [0.1, 0.15) is 33.1 Å². The van der Waals surface area contributed by atoms with Gasteiger partial charge in [-0.3, -0.25) is 0 Å². The number of halogens is 1. The predicted octanol–water partition coefficient (Wildman–Crippen LogP) is 3.23. The minimum atomic E-state index is 0.465. The summed E-state index contributed by atoms with van der Waals surface area (Å²) in [5, 5.41) is 3.38. The highest BCUT2D eigenvalue weighted by Gasteiger charge is 2.30. The second-order valence-corrected chi connectivity index (χ2v) is 5.89.